The lowest BCUT2D eigenvalue weighted by atomic mass is 10.0. The van der Waals surface area contributed by atoms with Crippen LogP contribution in [0.2, 0.25) is 0 Å². The van der Waals surface area contributed by atoms with E-state index in [-0.39, 0.29) is 11.7 Å². The molecule has 41 heavy (non-hydrogen) atoms. The Morgan fingerprint density at radius 2 is 1.59 bits per heavy atom. The zero-order valence-electron chi connectivity index (χ0n) is 21.8. The molecule has 204 valence electrons. The zero-order chi connectivity index (χ0) is 28.3. The summed E-state index contributed by atoms with van der Waals surface area (Å²) in [4.78, 5) is 17.8. The molecular weight excluding hydrogens is 540 g/mol. The SMILES string of the molecule is COc1ccc(Oc2ccc(N3C(=S)N[C@H](c4ccccn4)[C@@H]3c3ccc(-c4ccccc4[N+](=O)[O-])o3)cc2)cc1. The Kier molecular flexibility index (Phi) is 7.05. The summed E-state index contributed by atoms with van der Waals surface area (Å²) in [6.45, 7) is 0. The highest BCUT2D eigenvalue weighted by atomic mass is 32.1. The van der Waals surface area contributed by atoms with Gasteiger partial charge in [0, 0.05) is 18.0 Å². The number of hydrogen-bond acceptors (Lipinski definition) is 7. The quantitative estimate of drug-likeness (QED) is 0.119. The summed E-state index contributed by atoms with van der Waals surface area (Å²) in [6, 6.07) is 30.0. The van der Waals surface area contributed by atoms with Crippen LogP contribution in [0.25, 0.3) is 11.3 Å². The molecule has 0 aliphatic carbocycles. The van der Waals surface area contributed by atoms with Crippen LogP contribution in [0.5, 0.6) is 17.2 Å². The van der Waals surface area contributed by atoms with Gasteiger partial charge in [-0.25, -0.2) is 0 Å². The lowest BCUT2D eigenvalue weighted by molar-refractivity contribution is -0.384. The van der Waals surface area contributed by atoms with Gasteiger partial charge in [-0.05, 0) is 91.1 Å². The van der Waals surface area contributed by atoms with Crippen molar-refractivity contribution in [3.8, 4) is 28.6 Å². The van der Waals surface area contributed by atoms with Crippen LogP contribution in [-0.4, -0.2) is 22.1 Å². The molecule has 0 saturated carbocycles. The molecule has 0 spiro atoms. The number of nitrogens with zero attached hydrogens (tertiary/aromatic N) is 3. The molecule has 2 atom stereocenters. The van der Waals surface area contributed by atoms with E-state index in [2.05, 4.69) is 10.3 Å². The second-order valence-corrected chi connectivity index (χ2v) is 9.63. The van der Waals surface area contributed by atoms with Crippen LogP contribution in [0.3, 0.4) is 0 Å². The Hall–Kier alpha value is -5.22. The molecule has 1 aliphatic heterocycles. The molecule has 0 bridgehead atoms. The third-order valence-corrected chi connectivity index (χ3v) is 7.11. The van der Waals surface area contributed by atoms with Gasteiger partial charge in [-0.1, -0.05) is 18.2 Å². The van der Waals surface area contributed by atoms with E-state index < -0.39 is 11.0 Å². The standard InChI is InChI=1S/C31H24N4O5S/c1-38-21-13-15-23(16-14-21)39-22-11-9-20(10-12-22)34-30(29(33-31(34)41)25-7-4-5-19-32-25)28-18-17-27(40-28)24-6-2-3-8-26(24)35(36)37/h2-19,29-30H,1H3,(H,33,41)/t29-,30+/m1/s1. The molecule has 10 heteroatoms. The monoisotopic (exact) mass is 564 g/mol. The van der Waals surface area contributed by atoms with E-state index in [0.717, 1.165) is 17.1 Å². The minimum atomic E-state index is -0.415. The van der Waals surface area contributed by atoms with Crippen LogP contribution in [0.4, 0.5) is 11.4 Å². The van der Waals surface area contributed by atoms with Crippen molar-refractivity contribution in [2.45, 2.75) is 12.1 Å². The lowest BCUT2D eigenvalue weighted by Crippen LogP contribution is -2.29. The van der Waals surface area contributed by atoms with Crippen LogP contribution < -0.4 is 19.7 Å². The van der Waals surface area contributed by atoms with Gasteiger partial charge in [0.05, 0.1) is 29.3 Å². The highest BCUT2D eigenvalue weighted by Gasteiger charge is 2.42. The predicted molar refractivity (Wildman–Crippen MR) is 158 cm³/mol. The number of anilines is 1. The molecule has 0 unspecified atom stereocenters. The molecule has 5 aromatic rings. The summed E-state index contributed by atoms with van der Waals surface area (Å²) in [5.41, 5.74) is 1.97. The van der Waals surface area contributed by atoms with E-state index in [1.54, 1.807) is 37.6 Å². The first-order valence-electron chi connectivity index (χ1n) is 12.8. The summed E-state index contributed by atoms with van der Waals surface area (Å²) in [6.07, 6.45) is 1.73. The molecule has 9 nitrogen and oxygen atoms in total. The topological polar surface area (TPSA) is 103 Å². The summed E-state index contributed by atoms with van der Waals surface area (Å²) < 4.78 is 17.5. The number of nitro groups is 1. The maximum atomic E-state index is 11.7. The molecule has 0 amide bonds. The molecule has 1 fully saturated rings. The van der Waals surface area contributed by atoms with Crippen LogP contribution >= 0.6 is 12.2 Å². The van der Waals surface area contributed by atoms with Crippen molar-refractivity contribution in [3.05, 3.63) is 131 Å². The molecule has 1 saturated heterocycles. The Morgan fingerprint density at radius 1 is 0.902 bits per heavy atom. The maximum Gasteiger partial charge on any atom is 0.280 e. The molecule has 3 aromatic carbocycles. The van der Waals surface area contributed by atoms with Crippen molar-refractivity contribution < 1.29 is 18.8 Å². The van der Waals surface area contributed by atoms with E-state index in [4.69, 9.17) is 26.1 Å². The second kappa shape index (κ2) is 11.1. The summed E-state index contributed by atoms with van der Waals surface area (Å²) in [7, 11) is 1.62. The molecule has 1 N–H and O–H groups in total. The minimum absolute atomic E-state index is 0.0287. The number of benzene rings is 3. The lowest BCUT2D eigenvalue weighted by Gasteiger charge is -2.26. The van der Waals surface area contributed by atoms with Crippen molar-refractivity contribution in [3.63, 3.8) is 0 Å². The van der Waals surface area contributed by atoms with Gasteiger partial charge in [0.1, 0.15) is 34.8 Å². The molecule has 3 heterocycles. The number of aromatic nitrogens is 1. The smallest absolute Gasteiger partial charge is 0.280 e. The normalized spacial score (nSPS) is 16.3. The van der Waals surface area contributed by atoms with E-state index in [1.165, 1.54) is 6.07 Å². The Morgan fingerprint density at radius 3 is 2.27 bits per heavy atom. The van der Waals surface area contributed by atoms with Gasteiger partial charge in [0.2, 0.25) is 0 Å². The van der Waals surface area contributed by atoms with Crippen LogP contribution in [0.1, 0.15) is 23.5 Å². The van der Waals surface area contributed by atoms with E-state index in [9.17, 15) is 10.1 Å². The third-order valence-electron chi connectivity index (χ3n) is 6.79. The molecule has 6 rings (SSSR count). The number of furan rings is 1. The summed E-state index contributed by atoms with van der Waals surface area (Å²) in [5.74, 6) is 3.07. The fraction of sp³-hybridized carbons (Fsp3) is 0.0968. The average Bonchev–Trinajstić information content (AvgIpc) is 3.63. The highest BCUT2D eigenvalue weighted by molar-refractivity contribution is 7.80. The number of nitrogens with one attached hydrogen (secondary N) is 1. The number of rotatable bonds is 8. The number of ether oxygens (including phenoxy) is 2. The van der Waals surface area contributed by atoms with Gasteiger partial charge < -0.3 is 24.1 Å². The third kappa shape index (κ3) is 5.20. The molecule has 0 radical (unpaired) electrons. The number of methoxy groups -OCH3 is 1. The Balaban J connectivity index is 1.35. The first-order valence-corrected chi connectivity index (χ1v) is 13.2. The highest BCUT2D eigenvalue weighted by Crippen LogP contribution is 2.44. The van der Waals surface area contributed by atoms with Crippen molar-refractivity contribution in [2.75, 3.05) is 12.0 Å². The number of hydrogen-bond donors (Lipinski definition) is 1. The Labute approximate surface area is 241 Å². The minimum Gasteiger partial charge on any atom is -0.497 e. The first-order chi connectivity index (χ1) is 20.0. The number of nitro benzene ring substituents is 1. The summed E-state index contributed by atoms with van der Waals surface area (Å²) in [5, 5.41) is 15.5. The van der Waals surface area contributed by atoms with Gasteiger partial charge in [0.25, 0.3) is 5.69 Å². The van der Waals surface area contributed by atoms with Gasteiger partial charge in [-0.2, -0.15) is 0 Å². The van der Waals surface area contributed by atoms with Crippen molar-refractivity contribution >= 4 is 28.7 Å². The van der Waals surface area contributed by atoms with Crippen LogP contribution in [-0.2, 0) is 0 Å². The number of thiocarbonyl (C=S) groups is 1. The summed E-state index contributed by atoms with van der Waals surface area (Å²) >= 11 is 5.81. The first kappa shape index (κ1) is 26.0. The predicted octanol–water partition coefficient (Wildman–Crippen LogP) is 7.23. The second-order valence-electron chi connectivity index (χ2n) is 9.24. The number of para-hydroxylation sites is 1. The fourth-order valence-corrected chi connectivity index (χ4v) is 5.22. The van der Waals surface area contributed by atoms with E-state index in [1.807, 2.05) is 77.7 Å². The van der Waals surface area contributed by atoms with Crippen LogP contribution in [0.15, 0.2) is 114 Å². The van der Waals surface area contributed by atoms with Crippen molar-refractivity contribution in [2.24, 2.45) is 0 Å². The molecule has 2 aromatic heterocycles. The van der Waals surface area contributed by atoms with Gasteiger partial charge in [-0.15, -0.1) is 0 Å². The van der Waals surface area contributed by atoms with Crippen LogP contribution in [0, 0.1) is 10.1 Å². The largest absolute Gasteiger partial charge is 0.497 e. The molecular formula is C31H24N4O5S. The average molecular weight is 565 g/mol. The van der Waals surface area contributed by atoms with Gasteiger partial charge in [-0.3, -0.25) is 15.1 Å². The number of pyridine rings is 1. The van der Waals surface area contributed by atoms with Gasteiger partial charge >= 0.3 is 0 Å². The zero-order valence-corrected chi connectivity index (χ0v) is 22.7. The Bertz CT molecular complexity index is 1690. The van der Waals surface area contributed by atoms with Gasteiger partial charge in [0.15, 0.2) is 5.11 Å². The maximum absolute atomic E-state index is 11.7. The van der Waals surface area contributed by atoms with Crippen molar-refractivity contribution in [1.29, 1.82) is 0 Å². The van der Waals surface area contributed by atoms with E-state index in [0.29, 0.717) is 33.7 Å². The fourth-order valence-electron chi connectivity index (χ4n) is 4.87. The van der Waals surface area contributed by atoms with E-state index >= 15 is 0 Å². The molecule has 1 aliphatic rings. The van der Waals surface area contributed by atoms with Crippen molar-refractivity contribution in [1.82, 2.24) is 10.3 Å².